The fourth-order valence-electron chi connectivity index (χ4n) is 5.70. The molecule has 232 valence electrons. The van der Waals surface area contributed by atoms with Crippen molar-refractivity contribution in [1.82, 2.24) is 34.3 Å². The first-order valence-corrected chi connectivity index (χ1v) is 15.7. The average Bonchev–Trinajstić information content (AvgIpc) is 3.62. The summed E-state index contributed by atoms with van der Waals surface area (Å²) in [7, 11) is 0. The number of benzene rings is 1. The summed E-state index contributed by atoms with van der Waals surface area (Å²) in [6.45, 7) is 8.07. The number of pyridine rings is 2. The van der Waals surface area contributed by atoms with E-state index >= 15 is 0 Å². The number of halogens is 3. The van der Waals surface area contributed by atoms with E-state index in [0.717, 1.165) is 11.3 Å². The third-order valence-electron chi connectivity index (χ3n) is 7.95. The molecule has 4 aromatic heterocycles. The number of nitrogens with one attached hydrogen (secondary N) is 1. The van der Waals surface area contributed by atoms with Crippen LogP contribution in [0.3, 0.4) is 0 Å². The summed E-state index contributed by atoms with van der Waals surface area (Å²) < 4.78 is 5.02. The molecule has 2 bridgehead atoms. The van der Waals surface area contributed by atoms with Crippen LogP contribution in [0.1, 0.15) is 58.7 Å². The van der Waals surface area contributed by atoms with E-state index in [-0.39, 0.29) is 28.1 Å². The number of hydrogen-bond donors (Lipinski definition) is 1. The molecule has 0 saturated heterocycles. The van der Waals surface area contributed by atoms with Crippen molar-refractivity contribution in [3.05, 3.63) is 92.4 Å². The van der Waals surface area contributed by atoms with Crippen LogP contribution in [0.4, 0.5) is 5.69 Å². The van der Waals surface area contributed by atoms with Crippen molar-refractivity contribution in [2.24, 2.45) is 5.92 Å². The predicted molar refractivity (Wildman–Crippen MR) is 176 cm³/mol. The highest BCUT2D eigenvalue weighted by Gasteiger charge is 2.27. The van der Waals surface area contributed by atoms with Crippen LogP contribution in [0.5, 0.6) is 0 Å². The Balaban J connectivity index is 1.49. The number of amides is 1. The Morgan fingerprint density at radius 2 is 1.78 bits per heavy atom. The summed E-state index contributed by atoms with van der Waals surface area (Å²) in [5, 5.41) is 16.7. The normalized spacial score (nSPS) is 17.3. The molecule has 10 nitrogen and oxygen atoms in total. The van der Waals surface area contributed by atoms with Gasteiger partial charge in [-0.15, -0.1) is 5.10 Å². The molecule has 2 atom stereocenters. The second-order valence-corrected chi connectivity index (χ2v) is 13.5. The highest BCUT2D eigenvalue weighted by molar-refractivity contribution is 6.34. The Hall–Kier alpha value is -3.99. The van der Waals surface area contributed by atoms with Crippen LogP contribution in [-0.4, -0.2) is 40.2 Å². The van der Waals surface area contributed by atoms with Crippen LogP contribution in [-0.2, 0) is 10.3 Å². The maximum atomic E-state index is 13.9. The first-order valence-electron chi connectivity index (χ1n) is 14.6. The molecule has 6 rings (SSSR count). The molecule has 1 N–H and O–H groups in total. The largest absolute Gasteiger partial charge is 0.323 e. The van der Waals surface area contributed by atoms with Crippen LogP contribution < -0.4 is 10.9 Å². The molecule has 0 unspecified atom stereocenters. The van der Waals surface area contributed by atoms with Gasteiger partial charge in [-0.3, -0.25) is 19.3 Å². The number of carbonyl (C=O) groups excluding carboxylic acids is 1. The second-order valence-electron chi connectivity index (χ2n) is 12.2. The molecular formula is C32H31Cl3N8O2. The zero-order valence-corrected chi connectivity index (χ0v) is 27.4. The molecule has 1 aliphatic heterocycles. The minimum absolute atomic E-state index is 0.0772. The van der Waals surface area contributed by atoms with Crippen molar-refractivity contribution >= 4 is 46.4 Å². The van der Waals surface area contributed by atoms with Crippen LogP contribution >= 0.6 is 34.8 Å². The smallest absolute Gasteiger partial charge is 0.251 e. The van der Waals surface area contributed by atoms with E-state index in [0.29, 0.717) is 57.5 Å². The third kappa shape index (κ3) is 6.14. The Kier molecular flexibility index (Phi) is 8.32. The summed E-state index contributed by atoms with van der Waals surface area (Å²) in [5.41, 5.74) is 3.99. The minimum atomic E-state index is -0.443. The van der Waals surface area contributed by atoms with E-state index in [2.05, 4.69) is 41.5 Å². The fourth-order valence-corrected chi connectivity index (χ4v) is 6.26. The van der Waals surface area contributed by atoms with Gasteiger partial charge in [0.2, 0.25) is 5.91 Å². The number of aromatic nitrogens is 7. The van der Waals surface area contributed by atoms with Gasteiger partial charge in [0.15, 0.2) is 5.15 Å². The van der Waals surface area contributed by atoms with Gasteiger partial charge in [-0.2, -0.15) is 5.10 Å². The molecule has 1 amide bonds. The van der Waals surface area contributed by atoms with Crippen molar-refractivity contribution in [3.8, 4) is 28.1 Å². The highest BCUT2D eigenvalue weighted by Crippen LogP contribution is 2.37. The Bertz CT molecular complexity index is 1970. The molecule has 5 heterocycles. The van der Waals surface area contributed by atoms with Gasteiger partial charge in [-0.1, -0.05) is 53.4 Å². The van der Waals surface area contributed by atoms with Crippen LogP contribution in [0.15, 0.2) is 66.0 Å². The summed E-state index contributed by atoms with van der Waals surface area (Å²) in [4.78, 5) is 31.9. The molecule has 0 spiro atoms. The molecule has 0 radical (unpaired) electrons. The summed E-state index contributed by atoms with van der Waals surface area (Å²) in [6.07, 6.45) is 8.48. The first kappa shape index (κ1) is 31.0. The molecule has 0 saturated carbocycles. The minimum Gasteiger partial charge on any atom is -0.323 e. The number of anilines is 1. The summed E-state index contributed by atoms with van der Waals surface area (Å²) >= 11 is 19.4. The van der Waals surface area contributed by atoms with Gasteiger partial charge in [-0.05, 0) is 63.9 Å². The standard InChI is InChI=1S/C32H31Cl3N8O2/c1-18-6-5-7-27(24-12-19(10-11-36-24)30-25(38-31(18)45)15-37-43(30)32(2,3)4)41-16-23(34)21(14-29(41)44)22-13-20(33)8-9-26(22)42-17-28(35)39-40-42/h8-18,27H,5-7H2,1-4H3,(H,38,45)/t18-,27+/m1/s1. The molecule has 5 aromatic rings. The van der Waals surface area contributed by atoms with Gasteiger partial charge < -0.3 is 9.88 Å². The Morgan fingerprint density at radius 3 is 2.51 bits per heavy atom. The van der Waals surface area contributed by atoms with E-state index in [9.17, 15) is 9.59 Å². The zero-order chi connectivity index (χ0) is 32.0. The van der Waals surface area contributed by atoms with Crippen molar-refractivity contribution in [3.63, 3.8) is 0 Å². The second kappa shape index (κ2) is 12.1. The molecular weight excluding hydrogens is 635 g/mol. The van der Waals surface area contributed by atoms with E-state index in [1.165, 1.54) is 10.7 Å². The number of hydrogen-bond acceptors (Lipinski definition) is 6. The lowest BCUT2D eigenvalue weighted by Gasteiger charge is -2.25. The highest BCUT2D eigenvalue weighted by atomic mass is 35.5. The van der Waals surface area contributed by atoms with Crippen LogP contribution in [0, 0.1) is 5.92 Å². The van der Waals surface area contributed by atoms with Crippen molar-refractivity contribution in [1.29, 1.82) is 0 Å². The lowest BCUT2D eigenvalue weighted by Crippen LogP contribution is -2.27. The molecule has 0 fully saturated rings. The Labute approximate surface area is 275 Å². The lowest BCUT2D eigenvalue weighted by atomic mass is 9.96. The van der Waals surface area contributed by atoms with Gasteiger partial charge in [0.25, 0.3) is 5.56 Å². The number of carbonyl (C=O) groups is 1. The number of nitrogens with zero attached hydrogens (tertiary/aromatic N) is 7. The predicted octanol–water partition coefficient (Wildman–Crippen LogP) is 7.42. The third-order valence-corrected chi connectivity index (χ3v) is 8.66. The van der Waals surface area contributed by atoms with E-state index in [1.54, 1.807) is 47.6 Å². The topological polar surface area (TPSA) is 113 Å². The maximum Gasteiger partial charge on any atom is 0.251 e. The molecule has 13 heteroatoms. The van der Waals surface area contributed by atoms with Gasteiger partial charge >= 0.3 is 0 Å². The maximum absolute atomic E-state index is 13.9. The molecule has 1 aliphatic rings. The first-order chi connectivity index (χ1) is 21.4. The monoisotopic (exact) mass is 664 g/mol. The van der Waals surface area contributed by atoms with Crippen LogP contribution in [0.25, 0.3) is 28.1 Å². The van der Waals surface area contributed by atoms with Crippen LogP contribution in [0.2, 0.25) is 15.2 Å². The quantitative estimate of drug-likeness (QED) is 0.215. The number of fused-ring (bicyclic) bond motifs is 4. The Morgan fingerprint density at radius 1 is 0.978 bits per heavy atom. The summed E-state index contributed by atoms with van der Waals surface area (Å²) in [5.74, 6) is -0.330. The van der Waals surface area contributed by atoms with Crippen molar-refractivity contribution < 1.29 is 4.79 Å². The average molecular weight is 666 g/mol. The van der Waals surface area contributed by atoms with Gasteiger partial charge in [0.05, 0.1) is 51.8 Å². The van der Waals surface area contributed by atoms with Crippen molar-refractivity contribution in [2.45, 2.75) is 58.5 Å². The molecule has 45 heavy (non-hydrogen) atoms. The van der Waals surface area contributed by atoms with E-state index < -0.39 is 6.04 Å². The van der Waals surface area contributed by atoms with Gasteiger partial charge in [0, 0.05) is 46.1 Å². The molecule has 1 aromatic carbocycles. The lowest BCUT2D eigenvalue weighted by molar-refractivity contribution is -0.119. The fraction of sp³-hybridized carbons (Fsp3) is 0.312. The SMILES string of the molecule is C[C@@H]1CCC[C@H](n2cc(Cl)c(-c3cc(Cl)ccc3-n3cc(Cl)nn3)cc2=O)c2cc(ccn2)-c2c(cnn2C(C)(C)C)NC1=O. The summed E-state index contributed by atoms with van der Waals surface area (Å²) in [6, 6.07) is 10.1. The zero-order valence-electron chi connectivity index (χ0n) is 25.1. The van der Waals surface area contributed by atoms with Gasteiger partial charge in [0.1, 0.15) is 0 Å². The van der Waals surface area contributed by atoms with E-state index in [4.69, 9.17) is 39.8 Å². The van der Waals surface area contributed by atoms with Gasteiger partial charge in [-0.25, -0.2) is 4.68 Å². The molecule has 0 aliphatic carbocycles. The van der Waals surface area contributed by atoms with E-state index in [1.807, 2.05) is 23.7 Å². The number of rotatable bonds is 3. The van der Waals surface area contributed by atoms with Crippen molar-refractivity contribution in [2.75, 3.05) is 5.32 Å².